The van der Waals surface area contributed by atoms with Crippen molar-refractivity contribution in [1.29, 1.82) is 0 Å². The number of hydrazone groups is 1. The third-order valence-electron chi connectivity index (χ3n) is 4.48. The van der Waals surface area contributed by atoms with E-state index in [9.17, 15) is 9.18 Å². The highest BCUT2D eigenvalue weighted by atomic mass is 127. The minimum Gasteiger partial charge on any atom is -0.490 e. The molecule has 0 unspecified atom stereocenters. The Labute approximate surface area is 194 Å². The van der Waals surface area contributed by atoms with E-state index in [0.29, 0.717) is 31.3 Å². The van der Waals surface area contributed by atoms with Crippen molar-refractivity contribution in [3.05, 3.63) is 56.9 Å². The fourth-order valence-electron chi connectivity index (χ4n) is 3.02. The van der Waals surface area contributed by atoms with Crippen molar-refractivity contribution in [2.45, 2.75) is 13.5 Å². The van der Waals surface area contributed by atoms with Crippen LogP contribution in [0.1, 0.15) is 18.1 Å². The number of halogens is 2. The van der Waals surface area contributed by atoms with Gasteiger partial charge in [0.25, 0.3) is 5.91 Å². The van der Waals surface area contributed by atoms with Crippen molar-refractivity contribution < 1.29 is 23.4 Å². The van der Waals surface area contributed by atoms with Gasteiger partial charge in [0.1, 0.15) is 12.4 Å². The Kier molecular flexibility index (Phi) is 9.04. The van der Waals surface area contributed by atoms with Gasteiger partial charge in [-0.1, -0.05) is 12.1 Å². The van der Waals surface area contributed by atoms with Crippen molar-refractivity contribution in [3.63, 3.8) is 0 Å². The molecule has 1 N–H and O–H groups in total. The van der Waals surface area contributed by atoms with E-state index in [2.05, 4.69) is 33.1 Å². The van der Waals surface area contributed by atoms with Crippen LogP contribution in [0.2, 0.25) is 0 Å². The SMILES string of the molecule is CCOc1cc(/C=N/NC(=O)CN2CCOCC2)cc(I)c1OCc1cccc(F)c1. The molecule has 0 atom stereocenters. The molecule has 0 bridgehead atoms. The molecule has 2 aromatic rings. The highest BCUT2D eigenvalue weighted by molar-refractivity contribution is 14.1. The molecule has 31 heavy (non-hydrogen) atoms. The summed E-state index contributed by atoms with van der Waals surface area (Å²) in [5.41, 5.74) is 4.04. The highest BCUT2D eigenvalue weighted by Crippen LogP contribution is 2.34. The Morgan fingerprint density at radius 1 is 1.29 bits per heavy atom. The fraction of sp³-hybridized carbons (Fsp3) is 0.364. The van der Waals surface area contributed by atoms with E-state index in [0.717, 1.165) is 27.8 Å². The van der Waals surface area contributed by atoms with Crippen molar-refractivity contribution in [2.75, 3.05) is 39.5 Å². The van der Waals surface area contributed by atoms with Crippen LogP contribution in [0, 0.1) is 9.39 Å². The molecular formula is C22H25FIN3O4. The number of amides is 1. The predicted octanol–water partition coefficient (Wildman–Crippen LogP) is 3.19. The van der Waals surface area contributed by atoms with Crippen molar-refractivity contribution >= 4 is 34.7 Å². The van der Waals surface area contributed by atoms with E-state index >= 15 is 0 Å². The molecule has 7 nitrogen and oxygen atoms in total. The van der Waals surface area contributed by atoms with Crippen LogP contribution >= 0.6 is 22.6 Å². The van der Waals surface area contributed by atoms with Crippen molar-refractivity contribution in [3.8, 4) is 11.5 Å². The summed E-state index contributed by atoms with van der Waals surface area (Å²) < 4.78 is 31.1. The van der Waals surface area contributed by atoms with Crippen LogP contribution in [0.15, 0.2) is 41.5 Å². The normalized spacial score (nSPS) is 14.5. The van der Waals surface area contributed by atoms with E-state index in [-0.39, 0.29) is 24.9 Å². The number of hydrogen-bond acceptors (Lipinski definition) is 6. The van der Waals surface area contributed by atoms with E-state index in [1.807, 2.05) is 17.9 Å². The summed E-state index contributed by atoms with van der Waals surface area (Å²) in [6.07, 6.45) is 1.57. The van der Waals surface area contributed by atoms with Gasteiger partial charge in [0.05, 0.1) is 36.2 Å². The lowest BCUT2D eigenvalue weighted by molar-refractivity contribution is -0.123. The maximum atomic E-state index is 13.4. The molecule has 2 aromatic carbocycles. The predicted molar refractivity (Wildman–Crippen MR) is 124 cm³/mol. The molecule has 0 radical (unpaired) electrons. The summed E-state index contributed by atoms with van der Waals surface area (Å²) in [5.74, 6) is 0.670. The molecular weight excluding hydrogens is 516 g/mol. The first kappa shape index (κ1) is 23.4. The van der Waals surface area contributed by atoms with E-state index < -0.39 is 0 Å². The molecule has 1 aliphatic rings. The number of carbonyl (C=O) groups is 1. The average molecular weight is 541 g/mol. The third-order valence-corrected chi connectivity index (χ3v) is 5.28. The summed E-state index contributed by atoms with van der Waals surface area (Å²) in [5, 5.41) is 4.06. The second kappa shape index (κ2) is 12.0. The molecule has 0 aliphatic carbocycles. The Bertz CT molecular complexity index is 920. The van der Waals surface area contributed by atoms with Gasteiger partial charge in [-0.25, -0.2) is 9.82 Å². The topological polar surface area (TPSA) is 72.4 Å². The zero-order valence-electron chi connectivity index (χ0n) is 17.3. The maximum absolute atomic E-state index is 13.4. The number of hydrogen-bond donors (Lipinski definition) is 1. The van der Waals surface area contributed by atoms with Gasteiger partial charge in [-0.05, 0) is 64.9 Å². The zero-order valence-corrected chi connectivity index (χ0v) is 19.4. The monoisotopic (exact) mass is 541 g/mol. The van der Waals surface area contributed by atoms with Crippen LogP contribution in [-0.4, -0.2) is 56.5 Å². The zero-order chi connectivity index (χ0) is 22.1. The van der Waals surface area contributed by atoms with Crippen molar-refractivity contribution in [2.24, 2.45) is 5.10 Å². The van der Waals surface area contributed by atoms with Crippen LogP contribution in [0.25, 0.3) is 0 Å². The van der Waals surface area contributed by atoms with Gasteiger partial charge in [-0.3, -0.25) is 9.69 Å². The fourth-order valence-corrected chi connectivity index (χ4v) is 3.81. The first-order chi connectivity index (χ1) is 15.0. The second-order valence-corrected chi connectivity index (χ2v) is 8.03. The van der Waals surface area contributed by atoms with Gasteiger partial charge >= 0.3 is 0 Å². The van der Waals surface area contributed by atoms with Crippen LogP contribution in [-0.2, 0) is 16.1 Å². The van der Waals surface area contributed by atoms with E-state index in [1.54, 1.807) is 24.4 Å². The molecule has 0 saturated carbocycles. The smallest absolute Gasteiger partial charge is 0.254 e. The minimum atomic E-state index is -0.303. The van der Waals surface area contributed by atoms with Gasteiger partial charge in [-0.15, -0.1) is 0 Å². The summed E-state index contributed by atoms with van der Waals surface area (Å²) >= 11 is 2.16. The van der Waals surface area contributed by atoms with Gasteiger partial charge in [-0.2, -0.15) is 5.10 Å². The average Bonchev–Trinajstić information content (AvgIpc) is 2.74. The Morgan fingerprint density at radius 3 is 2.84 bits per heavy atom. The largest absolute Gasteiger partial charge is 0.490 e. The number of benzene rings is 2. The number of rotatable bonds is 9. The first-order valence-electron chi connectivity index (χ1n) is 10.0. The quantitative estimate of drug-likeness (QED) is 0.300. The summed E-state index contributed by atoms with van der Waals surface area (Å²) in [6.45, 7) is 5.62. The molecule has 0 aromatic heterocycles. The first-order valence-corrected chi connectivity index (χ1v) is 11.1. The van der Waals surface area contributed by atoms with Crippen LogP contribution in [0.4, 0.5) is 4.39 Å². The molecule has 9 heteroatoms. The van der Waals surface area contributed by atoms with Crippen LogP contribution < -0.4 is 14.9 Å². The number of ether oxygens (including phenoxy) is 3. The minimum absolute atomic E-state index is 0.173. The molecule has 1 heterocycles. The molecule has 1 saturated heterocycles. The highest BCUT2D eigenvalue weighted by Gasteiger charge is 2.14. The number of morpholine rings is 1. The standard InChI is InChI=1S/C22H25FIN3O4/c1-2-30-20-12-17(13-25-26-21(28)14-27-6-8-29-9-7-27)11-19(24)22(20)31-15-16-4-3-5-18(23)10-16/h3-5,10-13H,2,6-9,14-15H2,1H3,(H,26,28)/b25-13+. The van der Waals surface area contributed by atoms with E-state index in [1.165, 1.54) is 12.1 Å². The number of nitrogens with one attached hydrogen (secondary N) is 1. The van der Waals surface area contributed by atoms with Gasteiger partial charge < -0.3 is 14.2 Å². The second-order valence-electron chi connectivity index (χ2n) is 6.86. The van der Waals surface area contributed by atoms with Gasteiger partial charge in [0.2, 0.25) is 0 Å². The summed E-state index contributed by atoms with van der Waals surface area (Å²) in [7, 11) is 0. The lowest BCUT2D eigenvalue weighted by Gasteiger charge is -2.25. The molecule has 3 rings (SSSR count). The molecule has 166 valence electrons. The Hall–Kier alpha value is -2.24. The van der Waals surface area contributed by atoms with Gasteiger partial charge in [0, 0.05) is 13.1 Å². The maximum Gasteiger partial charge on any atom is 0.254 e. The summed E-state index contributed by atoms with van der Waals surface area (Å²) in [4.78, 5) is 14.1. The molecule has 1 aliphatic heterocycles. The Morgan fingerprint density at radius 2 is 2.10 bits per heavy atom. The van der Waals surface area contributed by atoms with E-state index in [4.69, 9.17) is 14.2 Å². The molecule has 1 amide bonds. The third kappa shape index (κ3) is 7.44. The Balaban J connectivity index is 1.63. The lowest BCUT2D eigenvalue weighted by Crippen LogP contribution is -2.42. The summed E-state index contributed by atoms with van der Waals surface area (Å²) in [6, 6.07) is 9.96. The molecule has 1 fully saturated rings. The number of carbonyl (C=O) groups excluding carboxylic acids is 1. The van der Waals surface area contributed by atoms with Crippen LogP contribution in [0.3, 0.4) is 0 Å². The van der Waals surface area contributed by atoms with Crippen LogP contribution in [0.5, 0.6) is 11.5 Å². The number of nitrogens with zero attached hydrogens (tertiary/aromatic N) is 2. The van der Waals surface area contributed by atoms with Crippen molar-refractivity contribution in [1.82, 2.24) is 10.3 Å². The molecule has 0 spiro atoms. The lowest BCUT2D eigenvalue weighted by atomic mass is 10.2. The van der Waals surface area contributed by atoms with Gasteiger partial charge in [0.15, 0.2) is 11.5 Å².